The van der Waals surface area contributed by atoms with Crippen molar-refractivity contribution in [3.05, 3.63) is 29.3 Å². The van der Waals surface area contributed by atoms with Crippen molar-refractivity contribution < 1.29 is 9.53 Å². The van der Waals surface area contributed by atoms with Crippen LogP contribution in [0, 0.1) is 6.92 Å². The summed E-state index contributed by atoms with van der Waals surface area (Å²) < 4.78 is 4.85. The van der Waals surface area contributed by atoms with Gasteiger partial charge >= 0.3 is 0 Å². The Kier molecular flexibility index (Phi) is 5.49. The number of methoxy groups -OCH3 is 1. The van der Waals surface area contributed by atoms with Gasteiger partial charge in [-0.3, -0.25) is 4.79 Å². The van der Waals surface area contributed by atoms with Crippen molar-refractivity contribution in [1.29, 1.82) is 0 Å². The van der Waals surface area contributed by atoms with Crippen molar-refractivity contribution in [3.8, 4) is 0 Å². The van der Waals surface area contributed by atoms with Gasteiger partial charge in [-0.05, 0) is 30.5 Å². The highest BCUT2D eigenvalue weighted by Gasteiger charge is 2.02. The van der Waals surface area contributed by atoms with E-state index in [0.717, 1.165) is 16.8 Å². The minimum absolute atomic E-state index is 0.0428. The van der Waals surface area contributed by atoms with Crippen LogP contribution < -0.4 is 11.1 Å². The van der Waals surface area contributed by atoms with Gasteiger partial charge in [-0.25, -0.2) is 0 Å². The fourth-order valence-corrected chi connectivity index (χ4v) is 1.48. The third-order valence-electron chi connectivity index (χ3n) is 2.61. The Bertz CT molecular complexity index is 378. The van der Waals surface area contributed by atoms with E-state index in [-0.39, 0.29) is 5.91 Å². The van der Waals surface area contributed by atoms with E-state index < -0.39 is 0 Å². The van der Waals surface area contributed by atoms with E-state index in [4.69, 9.17) is 10.5 Å². The molecule has 1 aromatic carbocycles. The van der Waals surface area contributed by atoms with Gasteiger partial charge in [0.15, 0.2) is 0 Å². The zero-order chi connectivity index (χ0) is 12.7. The molecule has 0 bridgehead atoms. The number of carbonyl (C=O) groups is 1. The van der Waals surface area contributed by atoms with Crippen molar-refractivity contribution in [3.63, 3.8) is 0 Å². The number of anilines is 1. The van der Waals surface area contributed by atoms with Gasteiger partial charge in [-0.2, -0.15) is 0 Å². The summed E-state index contributed by atoms with van der Waals surface area (Å²) in [6.45, 7) is 3.07. The quantitative estimate of drug-likeness (QED) is 0.577. The number of carbonyl (C=O) groups excluding carboxylic acids is 1. The number of ether oxygens (including phenoxy) is 1. The minimum Gasteiger partial charge on any atom is -0.399 e. The van der Waals surface area contributed by atoms with Crippen molar-refractivity contribution in [1.82, 2.24) is 5.32 Å². The Morgan fingerprint density at radius 1 is 1.47 bits per heavy atom. The van der Waals surface area contributed by atoms with Crippen LogP contribution in [0.3, 0.4) is 0 Å². The van der Waals surface area contributed by atoms with E-state index in [1.165, 1.54) is 0 Å². The van der Waals surface area contributed by atoms with Crippen LogP contribution in [0.15, 0.2) is 18.2 Å². The van der Waals surface area contributed by atoms with Crippen LogP contribution in [0.5, 0.6) is 0 Å². The monoisotopic (exact) mass is 236 g/mol. The van der Waals surface area contributed by atoms with E-state index in [1.807, 2.05) is 25.1 Å². The summed E-state index contributed by atoms with van der Waals surface area (Å²) in [4.78, 5) is 11.4. The molecule has 4 nitrogen and oxygen atoms in total. The molecule has 0 aromatic heterocycles. The van der Waals surface area contributed by atoms with E-state index >= 15 is 0 Å². The fraction of sp³-hybridized carbons (Fsp3) is 0.462. The van der Waals surface area contributed by atoms with Crippen LogP contribution in [0.25, 0.3) is 0 Å². The number of hydrogen-bond donors (Lipinski definition) is 2. The van der Waals surface area contributed by atoms with E-state index in [1.54, 1.807) is 7.11 Å². The molecule has 0 heterocycles. The molecule has 1 aromatic rings. The molecule has 0 saturated carbocycles. The number of aryl methyl sites for hydroxylation is 2. The lowest BCUT2D eigenvalue weighted by atomic mass is 10.1. The van der Waals surface area contributed by atoms with Gasteiger partial charge in [0.1, 0.15) is 0 Å². The minimum atomic E-state index is 0.0428. The lowest BCUT2D eigenvalue weighted by Gasteiger charge is -2.06. The number of hydrogen-bond acceptors (Lipinski definition) is 3. The van der Waals surface area contributed by atoms with E-state index in [9.17, 15) is 4.79 Å². The number of nitrogen functional groups attached to an aromatic ring is 1. The molecule has 17 heavy (non-hydrogen) atoms. The highest BCUT2D eigenvalue weighted by Crippen LogP contribution is 2.14. The third-order valence-corrected chi connectivity index (χ3v) is 2.61. The predicted molar refractivity (Wildman–Crippen MR) is 68.8 cm³/mol. The molecule has 1 amide bonds. The third kappa shape index (κ3) is 4.87. The van der Waals surface area contributed by atoms with Gasteiger partial charge < -0.3 is 15.8 Å². The van der Waals surface area contributed by atoms with Crippen molar-refractivity contribution in [2.45, 2.75) is 19.8 Å². The Labute approximate surface area is 102 Å². The molecule has 0 spiro atoms. The molecule has 0 fully saturated rings. The number of amides is 1. The highest BCUT2D eigenvalue weighted by molar-refractivity contribution is 5.76. The number of rotatable bonds is 6. The summed E-state index contributed by atoms with van der Waals surface area (Å²) in [6.07, 6.45) is 1.19. The maximum atomic E-state index is 11.4. The molecule has 0 aliphatic rings. The molecular formula is C13H20N2O2. The first kappa shape index (κ1) is 13.5. The van der Waals surface area contributed by atoms with Crippen LogP contribution in [-0.2, 0) is 16.0 Å². The fourth-order valence-electron chi connectivity index (χ4n) is 1.48. The summed E-state index contributed by atoms with van der Waals surface area (Å²) in [6, 6.07) is 5.92. The molecular weight excluding hydrogens is 216 g/mol. The number of benzene rings is 1. The van der Waals surface area contributed by atoms with Crippen molar-refractivity contribution >= 4 is 11.6 Å². The lowest BCUT2D eigenvalue weighted by molar-refractivity contribution is -0.121. The second-order valence-corrected chi connectivity index (χ2v) is 4.03. The van der Waals surface area contributed by atoms with Crippen molar-refractivity contribution in [2.24, 2.45) is 0 Å². The Morgan fingerprint density at radius 3 is 2.88 bits per heavy atom. The van der Waals surface area contributed by atoms with Crippen LogP contribution >= 0.6 is 0 Å². The highest BCUT2D eigenvalue weighted by atomic mass is 16.5. The summed E-state index contributed by atoms with van der Waals surface area (Å²) >= 11 is 0. The molecule has 1 rings (SSSR count). The molecule has 94 valence electrons. The van der Waals surface area contributed by atoms with E-state index in [2.05, 4.69) is 5.32 Å². The van der Waals surface area contributed by atoms with Crippen LogP contribution in [-0.4, -0.2) is 26.2 Å². The molecule has 0 radical (unpaired) electrons. The topological polar surface area (TPSA) is 64.3 Å². The van der Waals surface area contributed by atoms with Crippen molar-refractivity contribution in [2.75, 3.05) is 26.0 Å². The second kappa shape index (κ2) is 6.91. The van der Waals surface area contributed by atoms with Gasteiger partial charge in [0.2, 0.25) is 5.91 Å². The summed E-state index contributed by atoms with van der Waals surface area (Å²) in [5, 5.41) is 2.78. The average molecular weight is 236 g/mol. The first-order chi connectivity index (χ1) is 8.13. The molecule has 0 aliphatic heterocycles. The van der Waals surface area contributed by atoms with Crippen LogP contribution in [0.2, 0.25) is 0 Å². The molecule has 0 unspecified atom stereocenters. The first-order valence-corrected chi connectivity index (χ1v) is 5.74. The van der Waals surface area contributed by atoms with Gasteiger partial charge in [-0.15, -0.1) is 0 Å². The number of nitrogens with two attached hydrogens (primary N) is 1. The van der Waals surface area contributed by atoms with Gasteiger partial charge in [-0.1, -0.05) is 12.1 Å². The molecule has 3 N–H and O–H groups in total. The largest absolute Gasteiger partial charge is 0.399 e. The summed E-state index contributed by atoms with van der Waals surface area (Å²) in [5.41, 5.74) is 8.75. The van der Waals surface area contributed by atoms with Gasteiger partial charge in [0, 0.05) is 25.8 Å². The zero-order valence-corrected chi connectivity index (χ0v) is 10.5. The summed E-state index contributed by atoms with van der Waals surface area (Å²) in [7, 11) is 1.61. The van der Waals surface area contributed by atoms with Crippen LogP contribution in [0.4, 0.5) is 5.69 Å². The standard InChI is InChI=1S/C13H20N2O2/c1-10-3-4-11(9-12(10)14)5-6-13(16)15-7-8-17-2/h3-4,9H,5-8,14H2,1-2H3,(H,15,16). The van der Waals surface area contributed by atoms with Gasteiger partial charge in [0.05, 0.1) is 6.61 Å². The normalized spacial score (nSPS) is 10.2. The molecule has 0 aliphatic carbocycles. The van der Waals surface area contributed by atoms with Gasteiger partial charge in [0.25, 0.3) is 0 Å². The first-order valence-electron chi connectivity index (χ1n) is 5.74. The Hall–Kier alpha value is -1.55. The maximum absolute atomic E-state index is 11.4. The number of nitrogens with one attached hydrogen (secondary N) is 1. The SMILES string of the molecule is COCCNC(=O)CCc1ccc(C)c(N)c1. The molecule has 0 saturated heterocycles. The Balaban J connectivity index is 2.34. The molecule has 0 atom stereocenters. The van der Waals surface area contributed by atoms with Crippen LogP contribution in [0.1, 0.15) is 17.5 Å². The lowest BCUT2D eigenvalue weighted by Crippen LogP contribution is -2.27. The zero-order valence-electron chi connectivity index (χ0n) is 10.5. The summed E-state index contributed by atoms with van der Waals surface area (Å²) in [5.74, 6) is 0.0428. The molecule has 4 heteroatoms. The average Bonchev–Trinajstić information content (AvgIpc) is 2.31. The predicted octanol–water partition coefficient (Wildman–Crippen LogP) is 1.27. The maximum Gasteiger partial charge on any atom is 0.220 e. The Morgan fingerprint density at radius 2 is 2.24 bits per heavy atom. The smallest absolute Gasteiger partial charge is 0.220 e. The van der Waals surface area contributed by atoms with E-state index in [0.29, 0.717) is 26.0 Å². The second-order valence-electron chi connectivity index (χ2n) is 4.03.